The standard InChI is InChI=1S/C9H12IN3O5/c10-7-3(8(11)17)1-12-13(7)9-6(16)5(15)4(2-14)18-9/h1,4-6,9,14-16H,2H2,(H2,11,17)/t4-,5-,6-,9-/m1/s1. The van der Waals surface area contributed by atoms with Gasteiger partial charge in [0.25, 0.3) is 5.91 Å². The van der Waals surface area contributed by atoms with E-state index in [-0.39, 0.29) is 5.56 Å². The van der Waals surface area contributed by atoms with Crippen molar-refractivity contribution in [1.29, 1.82) is 0 Å². The van der Waals surface area contributed by atoms with Crippen LogP contribution in [0.15, 0.2) is 6.20 Å². The van der Waals surface area contributed by atoms with Crippen molar-refractivity contribution < 1.29 is 24.9 Å². The first kappa shape index (κ1) is 13.7. The van der Waals surface area contributed by atoms with Gasteiger partial charge in [-0.3, -0.25) is 4.79 Å². The summed E-state index contributed by atoms with van der Waals surface area (Å²) in [6, 6.07) is 0. The average molecular weight is 369 g/mol. The van der Waals surface area contributed by atoms with Gasteiger partial charge >= 0.3 is 0 Å². The largest absolute Gasteiger partial charge is 0.394 e. The molecule has 18 heavy (non-hydrogen) atoms. The fourth-order valence-electron chi connectivity index (χ4n) is 1.77. The molecular weight excluding hydrogens is 357 g/mol. The van der Waals surface area contributed by atoms with Gasteiger partial charge in [-0.2, -0.15) is 5.10 Å². The Hall–Kier alpha value is -0.750. The summed E-state index contributed by atoms with van der Waals surface area (Å²) in [6.45, 7) is -0.421. The highest BCUT2D eigenvalue weighted by Gasteiger charge is 2.44. The SMILES string of the molecule is NC(=O)c1cnn([C@@H]2O[C@H](CO)[C@@H](O)[C@H]2O)c1I. The molecule has 1 aromatic heterocycles. The van der Waals surface area contributed by atoms with Crippen molar-refractivity contribution in [3.63, 3.8) is 0 Å². The van der Waals surface area contributed by atoms with E-state index < -0.39 is 37.1 Å². The van der Waals surface area contributed by atoms with Gasteiger partial charge in [0.15, 0.2) is 6.23 Å². The Morgan fingerprint density at radius 3 is 2.67 bits per heavy atom. The molecule has 5 N–H and O–H groups in total. The van der Waals surface area contributed by atoms with Crippen LogP contribution in [0.2, 0.25) is 0 Å². The number of halogens is 1. The van der Waals surface area contributed by atoms with Crippen LogP contribution in [0.1, 0.15) is 16.6 Å². The molecular formula is C9H12IN3O5. The van der Waals surface area contributed by atoms with Crippen LogP contribution >= 0.6 is 22.6 Å². The highest BCUT2D eigenvalue weighted by Crippen LogP contribution is 2.30. The quantitative estimate of drug-likeness (QED) is 0.465. The van der Waals surface area contributed by atoms with E-state index in [1.165, 1.54) is 10.9 Å². The number of hydrogen-bond acceptors (Lipinski definition) is 6. The lowest BCUT2D eigenvalue weighted by molar-refractivity contribution is -0.0599. The lowest BCUT2D eigenvalue weighted by atomic mass is 10.1. The number of carbonyl (C=O) groups is 1. The molecule has 8 nitrogen and oxygen atoms in total. The summed E-state index contributed by atoms with van der Waals surface area (Å²) >= 11 is 1.84. The lowest BCUT2D eigenvalue weighted by Gasteiger charge is -2.16. The van der Waals surface area contributed by atoms with Crippen molar-refractivity contribution in [3.8, 4) is 0 Å². The normalized spacial score (nSPS) is 31.8. The number of aliphatic hydroxyl groups is 3. The van der Waals surface area contributed by atoms with E-state index in [0.717, 1.165) is 0 Å². The number of nitrogens with two attached hydrogens (primary N) is 1. The van der Waals surface area contributed by atoms with Gasteiger partial charge in [-0.15, -0.1) is 0 Å². The second-order valence-corrected chi connectivity index (χ2v) is 4.91. The zero-order valence-electron chi connectivity index (χ0n) is 9.10. The molecule has 0 aromatic carbocycles. The Morgan fingerprint density at radius 1 is 1.56 bits per heavy atom. The van der Waals surface area contributed by atoms with E-state index >= 15 is 0 Å². The number of rotatable bonds is 3. The summed E-state index contributed by atoms with van der Waals surface area (Å²) in [5, 5.41) is 32.3. The van der Waals surface area contributed by atoms with Gasteiger partial charge in [-0.25, -0.2) is 4.68 Å². The third-order valence-corrected chi connectivity index (χ3v) is 3.83. The zero-order valence-corrected chi connectivity index (χ0v) is 11.3. The van der Waals surface area contributed by atoms with E-state index in [1.54, 1.807) is 0 Å². The number of aromatic nitrogens is 2. The Morgan fingerprint density at radius 2 is 2.22 bits per heavy atom. The maximum atomic E-state index is 11.1. The van der Waals surface area contributed by atoms with Crippen molar-refractivity contribution >= 4 is 28.5 Å². The van der Waals surface area contributed by atoms with Gasteiger partial charge in [0.05, 0.1) is 18.4 Å². The third kappa shape index (κ3) is 2.12. The Kier molecular flexibility index (Phi) is 3.87. The monoisotopic (exact) mass is 369 g/mol. The smallest absolute Gasteiger partial charge is 0.253 e. The minimum atomic E-state index is -1.24. The first-order valence-electron chi connectivity index (χ1n) is 5.12. The van der Waals surface area contributed by atoms with E-state index in [9.17, 15) is 15.0 Å². The first-order valence-corrected chi connectivity index (χ1v) is 6.20. The predicted molar refractivity (Wildman–Crippen MR) is 66.5 cm³/mol. The summed E-state index contributed by atoms with van der Waals surface area (Å²) in [6.07, 6.45) is -3.04. The zero-order chi connectivity index (χ0) is 13.4. The minimum absolute atomic E-state index is 0.202. The molecule has 4 atom stereocenters. The van der Waals surface area contributed by atoms with Gasteiger partial charge in [-0.05, 0) is 22.6 Å². The number of hydrogen-bond donors (Lipinski definition) is 4. The van der Waals surface area contributed by atoms with Crippen LogP contribution in [0, 0.1) is 3.70 Å². The summed E-state index contributed by atoms with van der Waals surface area (Å²) in [5.41, 5.74) is 5.35. The van der Waals surface area contributed by atoms with Gasteiger partial charge in [0.2, 0.25) is 0 Å². The first-order chi connectivity index (χ1) is 8.47. The van der Waals surface area contributed by atoms with E-state index in [2.05, 4.69) is 5.10 Å². The second-order valence-electron chi connectivity index (χ2n) is 3.89. The van der Waals surface area contributed by atoms with Gasteiger partial charge < -0.3 is 25.8 Å². The van der Waals surface area contributed by atoms with Crippen molar-refractivity contribution in [2.24, 2.45) is 5.73 Å². The van der Waals surface area contributed by atoms with Crippen LogP contribution < -0.4 is 5.73 Å². The van der Waals surface area contributed by atoms with Gasteiger partial charge in [-0.1, -0.05) is 0 Å². The molecule has 0 saturated carbocycles. The van der Waals surface area contributed by atoms with Crippen molar-refractivity contribution in [2.45, 2.75) is 24.5 Å². The number of aliphatic hydroxyl groups excluding tert-OH is 3. The minimum Gasteiger partial charge on any atom is -0.394 e. The number of carbonyl (C=O) groups excluding carboxylic acids is 1. The van der Waals surface area contributed by atoms with Crippen LogP contribution in [0.3, 0.4) is 0 Å². The van der Waals surface area contributed by atoms with Crippen molar-refractivity contribution in [3.05, 3.63) is 15.5 Å². The molecule has 1 saturated heterocycles. The van der Waals surface area contributed by atoms with Crippen molar-refractivity contribution in [1.82, 2.24) is 9.78 Å². The Bertz CT molecular complexity index is 465. The number of nitrogens with zero attached hydrogens (tertiary/aromatic N) is 2. The van der Waals surface area contributed by atoms with E-state index in [4.69, 9.17) is 15.6 Å². The summed E-state index contributed by atoms with van der Waals surface area (Å²) in [5.74, 6) is -0.641. The molecule has 0 radical (unpaired) electrons. The number of amides is 1. The molecule has 1 fully saturated rings. The average Bonchev–Trinajstić information content (AvgIpc) is 2.82. The van der Waals surface area contributed by atoms with E-state index in [0.29, 0.717) is 3.70 Å². The maximum absolute atomic E-state index is 11.1. The van der Waals surface area contributed by atoms with Crippen LogP contribution in [-0.4, -0.2) is 55.9 Å². The molecule has 1 aliphatic rings. The number of ether oxygens (including phenoxy) is 1. The number of primary amides is 1. The van der Waals surface area contributed by atoms with Crippen LogP contribution in [-0.2, 0) is 4.74 Å². The Balaban J connectivity index is 2.30. The molecule has 1 aliphatic heterocycles. The fourth-order valence-corrected chi connectivity index (χ4v) is 2.58. The third-order valence-electron chi connectivity index (χ3n) is 2.76. The highest BCUT2D eigenvalue weighted by atomic mass is 127. The predicted octanol–water partition coefficient (Wildman–Crippen LogP) is -1.80. The molecule has 0 unspecified atom stereocenters. The molecule has 2 heterocycles. The van der Waals surface area contributed by atoms with Crippen LogP contribution in [0.5, 0.6) is 0 Å². The fraction of sp³-hybridized carbons (Fsp3) is 0.556. The molecule has 0 bridgehead atoms. The van der Waals surface area contributed by atoms with Gasteiger partial charge in [0, 0.05) is 0 Å². The molecule has 9 heteroatoms. The van der Waals surface area contributed by atoms with E-state index in [1.807, 2.05) is 22.6 Å². The molecule has 0 spiro atoms. The Labute approximate surface area is 115 Å². The maximum Gasteiger partial charge on any atom is 0.253 e. The summed E-state index contributed by atoms with van der Waals surface area (Å²) in [7, 11) is 0. The van der Waals surface area contributed by atoms with Crippen LogP contribution in [0.25, 0.3) is 0 Å². The molecule has 1 amide bonds. The van der Waals surface area contributed by atoms with Gasteiger partial charge in [0.1, 0.15) is 22.0 Å². The molecule has 0 aliphatic carbocycles. The van der Waals surface area contributed by atoms with Crippen LogP contribution in [0.4, 0.5) is 0 Å². The summed E-state index contributed by atoms with van der Waals surface area (Å²) in [4.78, 5) is 11.1. The molecule has 100 valence electrons. The summed E-state index contributed by atoms with van der Waals surface area (Å²) < 4.78 is 6.94. The lowest BCUT2D eigenvalue weighted by Crippen LogP contribution is -2.33. The molecule has 1 aromatic rings. The molecule has 2 rings (SSSR count). The van der Waals surface area contributed by atoms with Crippen molar-refractivity contribution in [2.75, 3.05) is 6.61 Å². The topological polar surface area (TPSA) is 131 Å². The second kappa shape index (κ2) is 5.09. The highest BCUT2D eigenvalue weighted by molar-refractivity contribution is 14.1.